The van der Waals surface area contributed by atoms with Crippen molar-refractivity contribution in [2.75, 3.05) is 6.54 Å². The summed E-state index contributed by atoms with van der Waals surface area (Å²) in [7, 11) is 0. The molecule has 0 aliphatic carbocycles. The van der Waals surface area contributed by atoms with Crippen LogP contribution in [0.3, 0.4) is 0 Å². The van der Waals surface area contributed by atoms with E-state index in [1.165, 1.54) is 12.1 Å². The van der Waals surface area contributed by atoms with Crippen molar-refractivity contribution in [2.45, 2.75) is 50.7 Å². The largest absolute Gasteiger partial charge is 0.416 e. The fourth-order valence-electron chi connectivity index (χ4n) is 2.85. The Kier molecular flexibility index (Phi) is 4.19. The number of nitrogens with one attached hydrogen (secondary N) is 1. The van der Waals surface area contributed by atoms with Gasteiger partial charge in [0.05, 0.1) is 5.56 Å². The maximum atomic E-state index is 12.6. The minimum absolute atomic E-state index is 0.133. The van der Waals surface area contributed by atoms with Crippen molar-refractivity contribution in [3.05, 3.63) is 35.4 Å². The molecule has 106 valence electrons. The van der Waals surface area contributed by atoms with E-state index in [-0.39, 0.29) is 5.54 Å². The normalized spacial score (nSPS) is 23.8. The van der Waals surface area contributed by atoms with Crippen LogP contribution in [-0.2, 0) is 12.6 Å². The molecule has 1 aromatic carbocycles. The fraction of sp³-hybridized carbons (Fsp3) is 0.600. The maximum Gasteiger partial charge on any atom is 0.416 e. The smallest absolute Gasteiger partial charge is 0.311 e. The molecule has 0 aromatic heterocycles. The van der Waals surface area contributed by atoms with Gasteiger partial charge in [-0.15, -0.1) is 0 Å². The second-order valence-corrected chi connectivity index (χ2v) is 5.36. The van der Waals surface area contributed by atoms with Crippen molar-refractivity contribution in [3.8, 4) is 0 Å². The molecule has 1 fully saturated rings. The summed E-state index contributed by atoms with van der Waals surface area (Å²) in [4.78, 5) is 0. The topological polar surface area (TPSA) is 12.0 Å². The molecule has 0 spiro atoms. The predicted molar refractivity (Wildman–Crippen MR) is 70.0 cm³/mol. The molecule has 1 N–H and O–H groups in total. The number of alkyl halides is 3. The van der Waals surface area contributed by atoms with Gasteiger partial charge in [-0.2, -0.15) is 13.2 Å². The van der Waals surface area contributed by atoms with Crippen LogP contribution in [0.15, 0.2) is 24.3 Å². The Morgan fingerprint density at radius 3 is 2.68 bits per heavy atom. The van der Waals surface area contributed by atoms with Crippen LogP contribution in [0.5, 0.6) is 0 Å². The van der Waals surface area contributed by atoms with Crippen molar-refractivity contribution >= 4 is 0 Å². The Hall–Kier alpha value is -1.03. The van der Waals surface area contributed by atoms with Gasteiger partial charge in [0.15, 0.2) is 0 Å². The Morgan fingerprint density at radius 2 is 2.11 bits per heavy atom. The second-order valence-electron chi connectivity index (χ2n) is 5.36. The van der Waals surface area contributed by atoms with Gasteiger partial charge < -0.3 is 5.32 Å². The van der Waals surface area contributed by atoms with Gasteiger partial charge in [-0.25, -0.2) is 0 Å². The van der Waals surface area contributed by atoms with E-state index in [2.05, 4.69) is 12.2 Å². The third-order valence-electron chi connectivity index (χ3n) is 4.16. The summed E-state index contributed by atoms with van der Waals surface area (Å²) in [5.74, 6) is 0. The maximum absolute atomic E-state index is 12.6. The molecule has 1 atom stereocenters. The van der Waals surface area contributed by atoms with Gasteiger partial charge in [-0.05, 0) is 50.3 Å². The zero-order valence-corrected chi connectivity index (χ0v) is 11.2. The lowest BCUT2D eigenvalue weighted by molar-refractivity contribution is -0.137. The molecule has 1 aliphatic rings. The highest BCUT2D eigenvalue weighted by atomic mass is 19.4. The first-order chi connectivity index (χ1) is 8.95. The van der Waals surface area contributed by atoms with Crippen LogP contribution in [0, 0.1) is 0 Å². The summed E-state index contributed by atoms with van der Waals surface area (Å²) >= 11 is 0. The second kappa shape index (κ2) is 5.53. The van der Waals surface area contributed by atoms with Crippen molar-refractivity contribution in [1.29, 1.82) is 0 Å². The molecule has 1 heterocycles. The number of rotatable bonds is 4. The molecule has 1 aliphatic heterocycles. The van der Waals surface area contributed by atoms with E-state index in [1.54, 1.807) is 6.07 Å². The van der Waals surface area contributed by atoms with Gasteiger partial charge in [0.25, 0.3) is 0 Å². The Morgan fingerprint density at radius 1 is 1.32 bits per heavy atom. The van der Waals surface area contributed by atoms with E-state index in [0.29, 0.717) is 6.42 Å². The molecule has 1 aromatic rings. The van der Waals surface area contributed by atoms with Crippen LogP contribution in [0.25, 0.3) is 0 Å². The highest BCUT2D eigenvalue weighted by Crippen LogP contribution is 2.31. The summed E-state index contributed by atoms with van der Waals surface area (Å²) in [6.45, 7) is 3.17. The monoisotopic (exact) mass is 271 g/mol. The Balaban J connectivity index is 2.03. The number of aryl methyl sites for hydroxylation is 1. The zero-order chi connectivity index (χ0) is 13.9. The van der Waals surface area contributed by atoms with Crippen molar-refractivity contribution in [2.24, 2.45) is 0 Å². The van der Waals surface area contributed by atoms with Gasteiger partial charge in [-0.1, -0.05) is 25.1 Å². The van der Waals surface area contributed by atoms with E-state index < -0.39 is 11.7 Å². The van der Waals surface area contributed by atoms with Gasteiger partial charge in [0.1, 0.15) is 0 Å². The standard InChI is InChI=1S/C15H20F3N/c1-2-14(8-4-10-19-14)9-7-12-5-3-6-13(11-12)15(16,17)18/h3,5-6,11,19H,2,4,7-10H2,1H3. The molecule has 0 radical (unpaired) electrons. The van der Waals surface area contributed by atoms with Gasteiger partial charge in [-0.3, -0.25) is 0 Å². The number of hydrogen-bond acceptors (Lipinski definition) is 1. The highest BCUT2D eigenvalue weighted by molar-refractivity contribution is 5.26. The molecule has 0 bridgehead atoms. The van der Waals surface area contributed by atoms with Crippen LogP contribution in [0.2, 0.25) is 0 Å². The average molecular weight is 271 g/mol. The first-order valence-electron chi connectivity index (χ1n) is 6.86. The van der Waals surface area contributed by atoms with Crippen molar-refractivity contribution < 1.29 is 13.2 Å². The average Bonchev–Trinajstić information content (AvgIpc) is 2.85. The molecule has 0 amide bonds. The first kappa shape index (κ1) is 14.4. The van der Waals surface area contributed by atoms with Gasteiger partial charge in [0.2, 0.25) is 0 Å². The minimum Gasteiger partial charge on any atom is -0.311 e. The van der Waals surface area contributed by atoms with E-state index in [9.17, 15) is 13.2 Å². The van der Waals surface area contributed by atoms with Crippen LogP contribution < -0.4 is 5.32 Å². The lowest BCUT2D eigenvalue weighted by Gasteiger charge is -2.28. The minimum atomic E-state index is -4.25. The number of halogens is 3. The third-order valence-corrected chi connectivity index (χ3v) is 4.16. The van der Waals surface area contributed by atoms with Crippen LogP contribution in [0.4, 0.5) is 13.2 Å². The Bertz CT molecular complexity index is 420. The van der Waals surface area contributed by atoms with Crippen LogP contribution in [-0.4, -0.2) is 12.1 Å². The van der Waals surface area contributed by atoms with Gasteiger partial charge >= 0.3 is 6.18 Å². The summed E-state index contributed by atoms with van der Waals surface area (Å²) < 4.78 is 37.9. The Labute approximate surface area is 112 Å². The summed E-state index contributed by atoms with van der Waals surface area (Å²) in [5, 5.41) is 3.51. The van der Waals surface area contributed by atoms with Crippen molar-refractivity contribution in [3.63, 3.8) is 0 Å². The molecule has 0 saturated carbocycles. The van der Waals surface area contributed by atoms with E-state index >= 15 is 0 Å². The molecule has 1 unspecified atom stereocenters. The highest BCUT2D eigenvalue weighted by Gasteiger charge is 2.32. The van der Waals surface area contributed by atoms with Gasteiger partial charge in [0, 0.05) is 5.54 Å². The SMILES string of the molecule is CCC1(CCc2cccc(C(F)(F)F)c2)CCCN1. The molecular formula is C15H20F3N. The third kappa shape index (κ3) is 3.50. The van der Waals surface area contributed by atoms with E-state index in [1.807, 2.05) is 0 Å². The quantitative estimate of drug-likeness (QED) is 0.866. The number of benzene rings is 1. The van der Waals surface area contributed by atoms with E-state index in [4.69, 9.17) is 0 Å². The first-order valence-corrected chi connectivity index (χ1v) is 6.86. The molecule has 1 saturated heterocycles. The lowest BCUT2D eigenvalue weighted by Crippen LogP contribution is -2.39. The number of hydrogen-bond donors (Lipinski definition) is 1. The molecule has 1 nitrogen and oxygen atoms in total. The molecule has 2 rings (SSSR count). The van der Waals surface area contributed by atoms with Crippen LogP contribution in [0.1, 0.15) is 43.7 Å². The molecular weight excluding hydrogens is 251 g/mol. The summed E-state index contributed by atoms with van der Waals surface area (Å²) in [6, 6.07) is 5.69. The molecule has 19 heavy (non-hydrogen) atoms. The van der Waals surface area contributed by atoms with E-state index in [0.717, 1.165) is 43.9 Å². The van der Waals surface area contributed by atoms with Crippen LogP contribution >= 0.6 is 0 Å². The lowest BCUT2D eigenvalue weighted by atomic mass is 9.87. The molecule has 4 heteroatoms. The summed E-state index contributed by atoms with van der Waals surface area (Å²) in [5.41, 5.74) is 0.361. The fourth-order valence-corrected chi connectivity index (χ4v) is 2.85. The predicted octanol–water partition coefficient (Wildman–Crippen LogP) is 4.17. The van der Waals surface area contributed by atoms with Crippen molar-refractivity contribution in [1.82, 2.24) is 5.32 Å². The zero-order valence-electron chi connectivity index (χ0n) is 11.2. The summed E-state index contributed by atoms with van der Waals surface area (Å²) in [6.07, 6.45) is 0.685.